The van der Waals surface area contributed by atoms with E-state index < -0.39 is 17.8 Å². The van der Waals surface area contributed by atoms with Crippen LogP contribution in [0.25, 0.3) is 0 Å². The van der Waals surface area contributed by atoms with E-state index in [0.717, 1.165) is 0 Å². The molecular weight excluding hydrogens is 305 g/mol. The highest BCUT2D eigenvalue weighted by Gasteiger charge is 2.36. The molecule has 1 aromatic carbocycles. The summed E-state index contributed by atoms with van der Waals surface area (Å²) < 4.78 is 23.8. The Morgan fingerprint density at radius 3 is 2.70 bits per heavy atom. The molecule has 1 aromatic rings. The molecule has 1 heterocycles. The maximum absolute atomic E-state index is 13.7. The molecule has 7 heteroatoms. The zero-order valence-electron chi connectivity index (χ0n) is 13.1. The van der Waals surface area contributed by atoms with Gasteiger partial charge in [0.05, 0.1) is 26.1 Å². The van der Waals surface area contributed by atoms with Crippen LogP contribution in [-0.2, 0) is 20.7 Å². The van der Waals surface area contributed by atoms with Gasteiger partial charge < -0.3 is 19.5 Å². The van der Waals surface area contributed by atoms with Crippen molar-refractivity contribution in [1.29, 1.82) is 0 Å². The third-order valence-electron chi connectivity index (χ3n) is 4.01. The van der Waals surface area contributed by atoms with Crippen molar-refractivity contribution in [2.75, 3.05) is 20.8 Å². The van der Waals surface area contributed by atoms with Crippen molar-refractivity contribution in [3.05, 3.63) is 29.6 Å². The lowest BCUT2D eigenvalue weighted by Crippen LogP contribution is -2.38. The molecule has 1 amide bonds. The lowest BCUT2D eigenvalue weighted by atomic mass is 10.1. The van der Waals surface area contributed by atoms with Crippen molar-refractivity contribution in [2.45, 2.75) is 31.4 Å². The number of carbonyl (C=O) groups excluding carboxylic acids is 1. The van der Waals surface area contributed by atoms with Gasteiger partial charge in [0.15, 0.2) is 11.6 Å². The molecule has 0 spiro atoms. The lowest BCUT2D eigenvalue weighted by molar-refractivity contribution is -0.139. The second-order valence-electron chi connectivity index (χ2n) is 5.54. The highest BCUT2D eigenvalue weighted by molar-refractivity contribution is 5.80. The Morgan fingerprint density at radius 2 is 2.13 bits per heavy atom. The van der Waals surface area contributed by atoms with Crippen molar-refractivity contribution < 1.29 is 28.6 Å². The van der Waals surface area contributed by atoms with E-state index in [2.05, 4.69) is 0 Å². The van der Waals surface area contributed by atoms with Crippen LogP contribution in [-0.4, -0.2) is 54.8 Å². The average Bonchev–Trinajstić information content (AvgIpc) is 2.89. The fraction of sp³-hybridized carbons (Fsp3) is 0.500. The Morgan fingerprint density at radius 1 is 1.39 bits per heavy atom. The minimum Gasteiger partial charge on any atom is -0.494 e. The Hall–Kier alpha value is -2.15. The first-order chi connectivity index (χ1) is 10.9. The molecule has 2 rings (SSSR count). The highest BCUT2D eigenvalue weighted by atomic mass is 19.1. The monoisotopic (exact) mass is 325 g/mol. The first-order valence-electron chi connectivity index (χ1n) is 7.31. The number of carboxylic acids is 1. The summed E-state index contributed by atoms with van der Waals surface area (Å²) in [6.45, 7) is 0.353. The van der Waals surface area contributed by atoms with Crippen LogP contribution in [0.15, 0.2) is 18.2 Å². The summed E-state index contributed by atoms with van der Waals surface area (Å²) in [7, 11) is 2.91. The van der Waals surface area contributed by atoms with E-state index in [4.69, 9.17) is 14.6 Å². The summed E-state index contributed by atoms with van der Waals surface area (Å²) in [6, 6.07) is 3.95. The van der Waals surface area contributed by atoms with Crippen LogP contribution < -0.4 is 4.74 Å². The number of carboxylic acid groups (broad SMARTS) is 1. The summed E-state index contributed by atoms with van der Waals surface area (Å²) in [5.41, 5.74) is 0.517. The first kappa shape index (κ1) is 17.2. The van der Waals surface area contributed by atoms with E-state index in [1.165, 1.54) is 31.3 Å². The lowest BCUT2D eigenvalue weighted by Gasteiger charge is -2.23. The Balaban J connectivity index is 2.08. The molecule has 0 bridgehead atoms. The van der Waals surface area contributed by atoms with E-state index >= 15 is 0 Å². The summed E-state index contributed by atoms with van der Waals surface area (Å²) in [5.74, 6) is -1.61. The number of methoxy groups -OCH3 is 2. The van der Waals surface area contributed by atoms with Gasteiger partial charge >= 0.3 is 5.97 Å². The van der Waals surface area contributed by atoms with E-state index in [0.29, 0.717) is 18.5 Å². The van der Waals surface area contributed by atoms with Gasteiger partial charge in [-0.1, -0.05) is 6.07 Å². The number of ether oxygens (including phenoxy) is 2. The summed E-state index contributed by atoms with van der Waals surface area (Å²) in [5, 5.41) is 8.97. The number of rotatable bonds is 6. The van der Waals surface area contributed by atoms with Gasteiger partial charge in [-0.25, -0.2) is 4.39 Å². The molecule has 2 atom stereocenters. The van der Waals surface area contributed by atoms with Crippen LogP contribution in [0.2, 0.25) is 0 Å². The molecule has 2 unspecified atom stereocenters. The van der Waals surface area contributed by atoms with Gasteiger partial charge in [0.2, 0.25) is 5.91 Å². The number of halogens is 1. The maximum Gasteiger partial charge on any atom is 0.305 e. The van der Waals surface area contributed by atoms with Crippen LogP contribution in [0.5, 0.6) is 5.75 Å². The van der Waals surface area contributed by atoms with Crippen LogP contribution in [0.1, 0.15) is 18.4 Å². The fourth-order valence-corrected chi connectivity index (χ4v) is 2.84. The van der Waals surface area contributed by atoms with E-state index in [1.807, 2.05) is 0 Å². The normalized spacial score (nSPS) is 20.6. The highest BCUT2D eigenvalue weighted by Crippen LogP contribution is 2.24. The molecule has 6 nitrogen and oxygen atoms in total. The number of hydrogen-bond donors (Lipinski definition) is 1. The fourth-order valence-electron chi connectivity index (χ4n) is 2.84. The third-order valence-corrected chi connectivity index (χ3v) is 4.01. The largest absolute Gasteiger partial charge is 0.494 e. The van der Waals surface area contributed by atoms with Crippen molar-refractivity contribution in [3.8, 4) is 5.75 Å². The average molecular weight is 325 g/mol. The number of likely N-dealkylation sites (tertiary alicyclic amines) is 1. The van der Waals surface area contributed by atoms with Gasteiger partial charge in [-0.2, -0.15) is 0 Å². The van der Waals surface area contributed by atoms with E-state index in [-0.39, 0.29) is 30.6 Å². The van der Waals surface area contributed by atoms with E-state index in [9.17, 15) is 14.0 Å². The van der Waals surface area contributed by atoms with Crippen molar-refractivity contribution in [1.82, 2.24) is 4.90 Å². The zero-order valence-corrected chi connectivity index (χ0v) is 13.1. The molecule has 23 heavy (non-hydrogen) atoms. The molecule has 0 aromatic heterocycles. The molecule has 1 N–H and O–H groups in total. The molecule has 1 aliphatic heterocycles. The molecule has 0 radical (unpaired) electrons. The summed E-state index contributed by atoms with van der Waals surface area (Å²) in [4.78, 5) is 24.9. The number of amides is 1. The van der Waals surface area contributed by atoms with Gasteiger partial charge in [-0.3, -0.25) is 9.59 Å². The standard InChI is InChI=1S/C16H20FNO5/c1-22-12-7-11(8-16(20)21)18(9-12)15(19)6-10-3-4-14(23-2)13(17)5-10/h3-5,11-12H,6-9H2,1-2H3,(H,20,21). The number of nitrogens with zero attached hydrogens (tertiary/aromatic N) is 1. The predicted molar refractivity (Wildman–Crippen MR) is 79.8 cm³/mol. The smallest absolute Gasteiger partial charge is 0.305 e. The molecule has 1 fully saturated rings. The van der Waals surface area contributed by atoms with Crippen molar-refractivity contribution >= 4 is 11.9 Å². The molecule has 126 valence electrons. The van der Waals surface area contributed by atoms with Crippen molar-refractivity contribution in [2.24, 2.45) is 0 Å². The number of carbonyl (C=O) groups is 2. The summed E-state index contributed by atoms with van der Waals surface area (Å²) >= 11 is 0. The maximum atomic E-state index is 13.7. The molecule has 1 saturated heterocycles. The molecule has 0 aliphatic carbocycles. The number of benzene rings is 1. The van der Waals surface area contributed by atoms with Gasteiger partial charge in [0.1, 0.15) is 0 Å². The quantitative estimate of drug-likeness (QED) is 0.857. The third kappa shape index (κ3) is 4.19. The molecule has 0 saturated carbocycles. The van der Waals surface area contributed by atoms with Gasteiger partial charge in [0, 0.05) is 19.7 Å². The van der Waals surface area contributed by atoms with Crippen LogP contribution >= 0.6 is 0 Å². The summed E-state index contributed by atoms with van der Waals surface area (Å²) in [6.07, 6.45) is 0.206. The minimum absolute atomic E-state index is 0.00741. The Labute approximate surface area is 133 Å². The van der Waals surface area contributed by atoms with Crippen LogP contribution in [0.4, 0.5) is 4.39 Å². The van der Waals surface area contributed by atoms with Crippen LogP contribution in [0, 0.1) is 5.82 Å². The van der Waals surface area contributed by atoms with Gasteiger partial charge in [-0.15, -0.1) is 0 Å². The van der Waals surface area contributed by atoms with Crippen molar-refractivity contribution in [3.63, 3.8) is 0 Å². The Kier molecular flexibility index (Phi) is 5.54. The topological polar surface area (TPSA) is 76.1 Å². The SMILES string of the molecule is COc1ccc(CC(=O)N2CC(OC)CC2CC(=O)O)cc1F. The van der Waals surface area contributed by atoms with Crippen LogP contribution in [0.3, 0.4) is 0 Å². The minimum atomic E-state index is -0.958. The molecular formula is C16H20FNO5. The number of hydrogen-bond acceptors (Lipinski definition) is 4. The molecule has 1 aliphatic rings. The van der Waals surface area contributed by atoms with Gasteiger partial charge in [-0.05, 0) is 24.1 Å². The zero-order chi connectivity index (χ0) is 17.0. The predicted octanol–water partition coefficient (Wildman–Crippen LogP) is 1.47. The second kappa shape index (κ2) is 7.41. The Bertz CT molecular complexity index is 592. The van der Waals surface area contributed by atoms with E-state index in [1.54, 1.807) is 6.07 Å². The number of aliphatic carboxylic acids is 1. The second-order valence-corrected chi connectivity index (χ2v) is 5.54. The first-order valence-corrected chi connectivity index (χ1v) is 7.31. The van der Waals surface area contributed by atoms with Gasteiger partial charge in [0.25, 0.3) is 0 Å².